The van der Waals surface area contributed by atoms with E-state index >= 15 is 0 Å². The Bertz CT molecular complexity index is 576. The Balaban J connectivity index is 2.50. The Labute approximate surface area is 99.7 Å². The number of aryl methyl sites for hydroxylation is 1. The summed E-state index contributed by atoms with van der Waals surface area (Å²) in [6.07, 6.45) is 0.371. The molecule has 0 unspecified atom stereocenters. The molecule has 0 fully saturated rings. The predicted molar refractivity (Wildman–Crippen MR) is 64.0 cm³/mol. The first kappa shape index (κ1) is 11.2. The lowest BCUT2D eigenvalue weighted by Crippen LogP contribution is -1.99. The van der Waals surface area contributed by atoms with Gasteiger partial charge >= 0.3 is 0 Å². The van der Waals surface area contributed by atoms with E-state index < -0.39 is 0 Å². The average Bonchev–Trinajstić information content (AvgIpc) is 2.59. The third-order valence-corrected chi connectivity index (χ3v) is 2.79. The molecule has 17 heavy (non-hydrogen) atoms. The first-order valence-electron chi connectivity index (χ1n) is 5.35. The lowest BCUT2D eigenvalue weighted by atomic mass is 10.1. The van der Waals surface area contributed by atoms with Crippen molar-refractivity contribution in [3.63, 3.8) is 0 Å². The zero-order valence-corrected chi connectivity index (χ0v) is 9.81. The molecule has 0 aliphatic carbocycles. The highest BCUT2D eigenvalue weighted by Crippen LogP contribution is 2.19. The molecule has 2 rings (SSSR count). The summed E-state index contributed by atoms with van der Waals surface area (Å²) in [5.74, 6) is 0.229. The van der Waals surface area contributed by atoms with Crippen LogP contribution in [0.15, 0.2) is 24.3 Å². The molecule has 0 aliphatic heterocycles. The Kier molecular flexibility index (Phi) is 2.84. The van der Waals surface area contributed by atoms with Gasteiger partial charge in [0, 0.05) is 11.3 Å². The van der Waals surface area contributed by atoms with Crippen LogP contribution in [-0.4, -0.2) is 14.9 Å². The molecular weight excluding hydrogens is 214 g/mol. The van der Waals surface area contributed by atoms with E-state index in [0.717, 1.165) is 22.6 Å². The van der Waals surface area contributed by atoms with E-state index in [4.69, 9.17) is 5.26 Å². The molecule has 0 bridgehead atoms. The number of aromatic nitrogens is 2. The van der Waals surface area contributed by atoms with Crippen molar-refractivity contribution in [2.75, 3.05) is 0 Å². The summed E-state index contributed by atoms with van der Waals surface area (Å²) in [5, 5.41) is 22.4. The second-order valence-corrected chi connectivity index (χ2v) is 3.91. The maximum absolute atomic E-state index is 9.24. The summed E-state index contributed by atoms with van der Waals surface area (Å²) in [7, 11) is 0. The van der Waals surface area contributed by atoms with Crippen LogP contribution in [0.25, 0.3) is 5.69 Å². The first-order valence-corrected chi connectivity index (χ1v) is 5.35. The Hall–Kier alpha value is -2.28. The van der Waals surface area contributed by atoms with E-state index in [-0.39, 0.29) is 5.75 Å². The summed E-state index contributed by atoms with van der Waals surface area (Å²) in [4.78, 5) is 0. The minimum atomic E-state index is 0.229. The number of phenols is 1. The van der Waals surface area contributed by atoms with Crippen molar-refractivity contribution in [3.8, 4) is 17.5 Å². The van der Waals surface area contributed by atoms with Gasteiger partial charge in [0.15, 0.2) is 0 Å². The van der Waals surface area contributed by atoms with Gasteiger partial charge in [-0.15, -0.1) is 0 Å². The van der Waals surface area contributed by atoms with Crippen LogP contribution in [0.4, 0.5) is 0 Å². The molecule has 1 heterocycles. The summed E-state index contributed by atoms with van der Waals surface area (Å²) >= 11 is 0. The highest BCUT2D eigenvalue weighted by molar-refractivity contribution is 5.40. The number of rotatable bonds is 2. The minimum Gasteiger partial charge on any atom is -0.508 e. The number of benzene rings is 1. The van der Waals surface area contributed by atoms with E-state index in [1.54, 1.807) is 28.9 Å². The average molecular weight is 227 g/mol. The fourth-order valence-electron chi connectivity index (χ4n) is 1.86. The van der Waals surface area contributed by atoms with Crippen molar-refractivity contribution in [2.45, 2.75) is 20.3 Å². The van der Waals surface area contributed by atoms with E-state index in [1.807, 2.05) is 13.8 Å². The molecule has 0 amide bonds. The molecule has 4 nitrogen and oxygen atoms in total. The smallest absolute Gasteiger partial charge is 0.115 e. The number of hydrogen-bond donors (Lipinski definition) is 1. The van der Waals surface area contributed by atoms with Crippen LogP contribution in [0.2, 0.25) is 0 Å². The summed E-state index contributed by atoms with van der Waals surface area (Å²) < 4.78 is 1.79. The fourth-order valence-corrected chi connectivity index (χ4v) is 1.86. The molecule has 0 atom stereocenters. The summed E-state index contributed by atoms with van der Waals surface area (Å²) in [6.45, 7) is 3.84. The number of phenolic OH excluding ortho intramolecular Hbond substituents is 1. The third kappa shape index (κ3) is 2.00. The highest BCUT2D eigenvalue weighted by atomic mass is 16.3. The molecule has 1 N–H and O–H groups in total. The first-order chi connectivity index (χ1) is 8.13. The van der Waals surface area contributed by atoms with Crippen LogP contribution in [0.5, 0.6) is 5.75 Å². The van der Waals surface area contributed by atoms with Crippen LogP contribution >= 0.6 is 0 Å². The van der Waals surface area contributed by atoms with Gasteiger partial charge in [0.2, 0.25) is 0 Å². The molecule has 0 aliphatic rings. The molecule has 0 saturated heterocycles. The van der Waals surface area contributed by atoms with Crippen molar-refractivity contribution in [1.29, 1.82) is 5.26 Å². The quantitative estimate of drug-likeness (QED) is 0.856. The SMILES string of the molecule is Cc1nn(-c2ccc(O)cc2)c(C)c1CC#N. The molecule has 2 aromatic rings. The highest BCUT2D eigenvalue weighted by Gasteiger charge is 2.11. The maximum Gasteiger partial charge on any atom is 0.115 e. The Morgan fingerprint density at radius 3 is 2.53 bits per heavy atom. The topological polar surface area (TPSA) is 61.8 Å². The van der Waals surface area contributed by atoms with Crippen molar-refractivity contribution in [3.05, 3.63) is 41.2 Å². The second-order valence-electron chi connectivity index (χ2n) is 3.91. The fraction of sp³-hybridized carbons (Fsp3) is 0.231. The largest absolute Gasteiger partial charge is 0.508 e. The van der Waals surface area contributed by atoms with Gasteiger partial charge in [-0.25, -0.2) is 4.68 Å². The molecule has 1 aromatic carbocycles. The van der Waals surface area contributed by atoms with Crippen LogP contribution in [0.3, 0.4) is 0 Å². The van der Waals surface area contributed by atoms with Crippen LogP contribution in [0, 0.1) is 25.2 Å². The van der Waals surface area contributed by atoms with Crippen LogP contribution in [0.1, 0.15) is 17.0 Å². The normalized spacial score (nSPS) is 10.2. The van der Waals surface area contributed by atoms with Gasteiger partial charge in [-0.3, -0.25) is 0 Å². The molecule has 0 saturated carbocycles. The van der Waals surface area contributed by atoms with Gasteiger partial charge in [-0.05, 0) is 38.1 Å². The predicted octanol–water partition coefficient (Wildman–Crippen LogP) is 2.26. The van der Waals surface area contributed by atoms with Crippen molar-refractivity contribution in [1.82, 2.24) is 9.78 Å². The van der Waals surface area contributed by atoms with Crippen molar-refractivity contribution >= 4 is 0 Å². The molecule has 4 heteroatoms. The third-order valence-electron chi connectivity index (χ3n) is 2.79. The monoisotopic (exact) mass is 227 g/mol. The van der Waals surface area contributed by atoms with Crippen molar-refractivity contribution in [2.24, 2.45) is 0 Å². The molecule has 0 spiro atoms. The standard InChI is InChI=1S/C13H13N3O/c1-9-13(7-8-14)10(2)16(15-9)11-3-5-12(17)6-4-11/h3-6,17H,7H2,1-2H3. The second kappa shape index (κ2) is 4.30. The molecule has 86 valence electrons. The summed E-state index contributed by atoms with van der Waals surface area (Å²) in [6, 6.07) is 8.98. The number of nitrogens with zero attached hydrogens (tertiary/aromatic N) is 3. The summed E-state index contributed by atoms with van der Waals surface area (Å²) in [5.41, 5.74) is 3.69. The van der Waals surface area contributed by atoms with Crippen molar-refractivity contribution < 1.29 is 5.11 Å². The van der Waals surface area contributed by atoms with Gasteiger partial charge in [-0.1, -0.05) is 0 Å². The minimum absolute atomic E-state index is 0.229. The van der Waals surface area contributed by atoms with Gasteiger partial charge in [0.05, 0.1) is 23.9 Å². The molecule has 1 aromatic heterocycles. The number of nitriles is 1. The van der Waals surface area contributed by atoms with Gasteiger partial charge in [0.1, 0.15) is 5.75 Å². The van der Waals surface area contributed by atoms with E-state index in [0.29, 0.717) is 6.42 Å². The van der Waals surface area contributed by atoms with Crippen LogP contribution < -0.4 is 0 Å². The maximum atomic E-state index is 9.24. The van der Waals surface area contributed by atoms with Gasteiger partial charge in [0.25, 0.3) is 0 Å². The van der Waals surface area contributed by atoms with Crippen LogP contribution in [-0.2, 0) is 6.42 Å². The van der Waals surface area contributed by atoms with E-state index in [9.17, 15) is 5.11 Å². The molecular formula is C13H13N3O. The zero-order valence-electron chi connectivity index (χ0n) is 9.81. The Morgan fingerprint density at radius 1 is 1.29 bits per heavy atom. The zero-order chi connectivity index (χ0) is 12.4. The number of hydrogen-bond acceptors (Lipinski definition) is 3. The lowest BCUT2D eigenvalue weighted by molar-refractivity contribution is 0.475. The van der Waals surface area contributed by atoms with E-state index in [2.05, 4.69) is 11.2 Å². The molecule has 0 radical (unpaired) electrons. The van der Waals surface area contributed by atoms with E-state index in [1.165, 1.54) is 0 Å². The Morgan fingerprint density at radius 2 is 1.94 bits per heavy atom. The van der Waals surface area contributed by atoms with Gasteiger partial charge < -0.3 is 5.11 Å². The van der Waals surface area contributed by atoms with Gasteiger partial charge in [-0.2, -0.15) is 10.4 Å². The lowest BCUT2D eigenvalue weighted by Gasteiger charge is -2.04. The number of aromatic hydroxyl groups is 1.